The van der Waals surface area contributed by atoms with Gasteiger partial charge in [0.2, 0.25) is 0 Å². The molecular formula is C11H10F2N2S. The lowest BCUT2D eigenvalue weighted by atomic mass is 10.2. The summed E-state index contributed by atoms with van der Waals surface area (Å²) in [6.07, 6.45) is 5.08. The predicted octanol–water partition coefficient (Wildman–Crippen LogP) is 3.09. The van der Waals surface area contributed by atoms with Crippen molar-refractivity contribution < 1.29 is 8.78 Å². The lowest BCUT2D eigenvalue weighted by Gasteiger charge is -2.16. The van der Waals surface area contributed by atoms with Crippen LogP contribution in [0.3, 0.4) is 0 Å². The van der Waals surface area contributed by atoms with E-state index in [1.165, 1.54) is 4.90 Å². The molecule has 0 amide bonds. The van der Waals surface area contributed by atoms with Gasteiger partial charge in [-0.05, 0) is 17.5 Å². The van der Waals surface area contributed by atoms with Gasteiger partial charge in [0.05, 0.1) is 0 Å². The highest BCUT2D eigenvalue weighted by atomic mass is 32.2. The minimum Gasteiger partial charge on any atom is -0.399 e. The van der Waals surface area contributed by atoms with Gasteiger partial charge < -0.3 is 10.6 Å². The summed E-state index contributed by atoms with van der Waals surface area (Å²) in [7, 11) is 0. The molecule has 0 radical (unpaired) electrons. The average Bonchev–Trinajstić information content (AvgIpc) is 2.44. The zero-order valence-electron chi connectivity index (χ0n) is 8.36. The van der Waals surface area contributed by atoms with Crippen molar-refractivity contribution in [2.45, 2.75) is 0 Å². The van der Waals surface area contributed by atoms with Gasteiger partial charge in [0.15, 0.2) is 11.6 Å². The van der Waals surface area contributed by atoms with Crippen molar-refractivity contribution in [2.24, 2.45) is 0 Å². The Morgan fingerprint density at radius 1 is 1.19 bits per heavy atom. The van der Waals surface area contributed by atoms with Gasteiger partial charge >= 0.3 is 0 Å². The molecule has 2 nitrogen and oxygen atoms in total. The zero-order chi connectivity index (χ0) is 11.5. The SMILES string of the molecule is Nc1cc(F)c(N2C=CCSC=C2)c(F)c1. The van der Waals surface area contributed by atoms with E-state index < -0.39 is 11.6 Å². The van der Waals surface area contributed by atoms with E-state index >= 15 is 0 Å². The van der Waals surface area contributed by atoms with Crippen LogP contribution in [0.15, 0.2) is 36.0 Å². The van der Waals surface area contributed by atoms with Crippen LogP contribution >= 0.6 is 11.8 Å². The molecule has 1 aliphatic heterocycles. The summed E-state index contributed by atoms with van der Waals surface area (Å²) in [5, 5.41) is 1.79. The summed E-state index contributed by atoms with van der Waals surface area (Å²) in [5.74, 6) is -0.553. The van der Waals surface area contributed by atoms with Crippen LogP contribution < -0.4 is 10.6 Å². The van der Waals surface area contributed by atoms with Crippen LogP contribution in [0.1, 0.15) is 0 Å². The maximum absolute atomic E-state index is 13.6. The Morgan fingerprint density at radius 3 is 2.56 bits per heavy atom. The van der Waals surface area contributed by atoms with E-state index in [0.717, 1.165) is 17.9 Å². The Labute approximate surface area is 96.4 Å². The molecule has 0 aliphatic carbocycles. The number of nitrogens with zero attached hydrogens (tertiary/aromatic N) is 1. The summed E-state index contributed by atoms with van der Waals surface area (Å²) < 4.78 is 27.2. The molecule has 0 unspecified atom stereocenters. The molecule has 1 aromatic rings. The molecule has 0 bridgehead atoms. The van der Waals surface area contributed by atoms with Gasteiger partial charge in [-0.3, -0.25) is 0 Å². The molecule has 0 aromatic heterocycles. The Balaban J connectivity index is 2.46. The topological polar surface area (TPSA) is 29.3 Å². The summed E-state index contributed by atoms with van der Waals surface area (Å²) in [6, 6.07) is 2.22. The molecule has 16 heavy (non-hydrogen) atoms. The fraction of sp³-hybridized carbons (Fsp3) is 0.0909. The van der Waals surface area contributed by atoms with E-state index in [-0.39, 0.29) is 11.4 Å². The van der Waals surface area contributed by atoms with Crippen molar-refractivity contribution in [1.82, 2.24) is 0 Å². The Hall–Kier alpha value is -1.49. The highest BCUT2D eigenvalue weighted by Crippen LogP contribution is 2.27. The molecule has 2 N–H and O–H groups in total. The van der Waals surface area contributed by atoms with Crippen molar-refractivity contribution in [1.29, 1.82) is 0 Å². The van der Waals surface area contributed by atoms with Gasteiger partial charge in [0, 0.05) is 23.8 Å². The zero-order valence-corrected chi connectivity index (χ0v) is 9.18. The number of nitrogen functional groups attached to an aromatic ring is 1. The van der Waals surface area contributed by atoms with E-state index in [9.17, 15) is 8.78 Å². The first-order valence-electron chi connectivity index (χ1n) is 4.66. The largest absolute Gasteiger partial charge is 0.399 e. The van der Waals surface area contributed by atoms with E-state index in [0.29, 0.717) is 0 Å². The van der Waals surface area contributed by atoms with E-state index in [2.05, 4.69) is 0 Å². The minimum atomic E-state index is -0.668. The average molecular weight is 240 g/mol. The molecule has 1 aromatic carbocycles. The van der Waals surface area contributed by atoms with Gasteiger partial charge in [-0.25, -0.2) is 8.78 Å². The summed E-state index contributed by atoms with van der Waals surface area (Å²) in [6.45, 7) is 0. The monoisotopic (exact) mass is 240 g/mol. The van der Waals surface area contributed by atoms with Crippen LogP contribution in [0.5, 0.6) is 0 Å². The third-order valence-corrected chi connectivity index (χ3v) is 2.77. The quantitative estimate of drug-likeness (QED) is 0.765. The number of hydrogen-bond donors (Lipinski definition) is 1. The molecule has 1 heterocycles. The predicted molar refractivity (Wildman–Crippen MR) is 64.0 cm³/mol. The first kappa shape index (κ1) is 11.0. The van der Waals surface area contributed by atoms with E-state index in [1.54, 1.807) is 29.6 Å². The lowest BCUT2D eigenvalue weighted by molar-refractivity contribution is 0.586. The van der Waals surface area contributed by atoms with Crippen molar-refractivity contribution in [3.63, 3.8) is 0 Å². The van der Waals surface area contributed by atoms with Crippen LogP contribution in [0, 0.1) is 11.6 Å². The number of halogens is 2. The number of anilines is 2. The highest BCUT2D eigenvalue weighted by Gasteiger charge is 2.14. The van der Waals surface area contributed by atoms with Crippen molar-refractivity contribution in [3.05, 3.63) is 47.7 Å². The standard InChI is InChI=1S/C11H10F2N2S/c12-9-6-8(14)7-10(13)11(9)15-2-1-4-16-5-3-15/h1-3,5-7H,4,14H2. The first-order valence-corrected chi connectivity index (χ1v) is 5.71. The maximum Gasteiger partial charge on any atom is 0.152 e. The van der Waals surface area contributed by atoms with Crippen LogP contribution in [-0.4, -0.2) is 5.75 Å². The van der Waals surface area contributed by atoms with Gasteiger partial charge in [0.25, 0.3) is 0 Å². The number of rotatable bonds is 1. The van der Waals surface area contributed by atoms with Gasteiger partial charge in [-0.1, -0.05) is 6.08 Å². The van der Waals surface area contributed by atoms with Gasteiger partial charge in [-0.15, -0.1) is 11.8 Å². The maximum atomic E-state index is 13.6. The van der Waals surface area contributed by atoms with E-state index in [4.69, 9.17) is 5.73 Å². The number of hydrogen-bond acceptors (Lipinski definition) is 3. The Morgan fingerprint density at radius 2 is 1.88 bits per heavy atom. The Bertz CT molecular complexity index is 420. The fourth-order valence-electron chi connectivity index (χ4n) is 1.41. The second-order valence-electron chi connectivity index (χ2n) is 3.24. The van der Waals surface area contributed by atoms with Crippen LogP contribution in [0.4, 0.5) is 20.2 Å². The molecule has 0 saturated carbocycles. The highest BCUT2D eigenvalue weighted by molar-refractivity contribution is 8.02. The molecule has 0 saturated heterocycles. The van der Waals surface area contributed by atoms with Gasteiger partial charge in [0.1, 0.15) is 5.69 Å². The van der Waals surface area contributed by atoms with Crippen molar-refractivity contribution in [2.75, 3.05) is 16.4 Å². The molecule has 0 atom stereocenters. The second-order valence-corrected chi connectivity index (χ2v) is 4.18. The summed E-state index contributed by atoms with van der Waals surface area (Å²) in [5.41, 5.74) is 5.32. The van der Waals surface area contributed by atoms with Crippen LogP contribution in [-0.2, 0) is 0 Å². The normalized spacial score (nSPS) is 15.2. The molecule has 0 spiro atoms. The molecule has 0 fully saturated rings. The molecular weight excluding hydrogens is 230 g/mol. The molecule has 84 valence electrons. The third-order valence-electron chi connectivity index (χ3n) is 2.07. The first-order chi connectivity index (χ1) is 7.68. The summed E-state index contributed by atoms with van der Waals surface area (Å²) >= 11 is 1.55. The van der Waals surface area contributed by atoms with Gasteiger partial charge in [-0.2, -0.15) is 0 Å². The molecule has 1 aliphatic rings. The lowest BCUT2D eigenvalue weighted by Crippen LogP contribution is -2.11. The Kier molecular flexibility index (Phi) is 3.14. The fourth-order valence-corrected chi connectivity index (χ4v) is 1.93. The molecule has 5 heteroatoms. The second kappa shape index (κ2) is 4.57. The third kappa shape index (κ3) is 2.19. The number of nitrogens with two attached hydrogens (primary N) is 1. The summed E-state index contributed by atoms with van der Waals surface area (Å²) in [4.78, 5) is 1.41. The molecule has 2 rings (SSSR count). The number of thioether (sulfide) groups is 1. The number of benzene rings is 1. The minimum absolute atomic E-state index is 0.0795. The van der Waals surface area contributed by atoms with Crippen LogP contribution in [0.2, 0.25) is 0 Å². The van der Waals surface area contributed by atoms with Crippen molar-refractivity contribution >= 4 is 23.1 Å². The van der Waals surface area contributed by atoms with Crippen LogP contribution in [0.25, 0.3) is 0 Å². The van der Waals surface area contributed by atoms with Crippen molar-refractivity contribution in [3.8, 4) is 0 Å². The van der Waals surface area contributed by atoms with E-state index in [1.807, 2.05) is 6.08 Å². The smallest absolute Gasteiger partial charge is 0.152 e.